The van der Waals surface area contributed by atoms with Crippen molar-refractivity contribution in [3.05, 3.63) is 0 Å². The van der Waals surface area contributed by atoms with E-state index in [0.717, 1.165) is 6.04 Å². The monoisotopic (exact) mass is 244 g/mol. The summed E-state index contributed by atoms with van der Waals surface area (Å²) in [7, 11) is 2.28. The van der Waals surface area contributed by atoms with Crippen LogP contribution in [0.1, 0.15) is 39.0 Å². The van der Waals surface area contributed by atoms with Gasteiger partial charge < -0.3 is 10.2 Å². The van der Waals surface area contributed by atoms with Gasteiger partial charge in [0.25, 0.3) is 0 Å². The van der Waals surface area contributed by atoms with Crippen molar-refractivity contribution in [2.24, 2.45) is 0 Å². The normalized spacial score (nSPS) is 24.6. The summed E-state index contributed by atoms with van der Waals surface area (Å²) >= 11 is 1.95. The Morgan fingerprint density at radius 1 is 1.44 bits per heavy atom. The summed E-state index contributed by atoms with van der Waals surface area (Å²) in [4.78, 5) is 2.54. The zero-order valence-electron chi connectivity index (χ0n) is 11.2. The van der Waals surface area contributed by atoms with Gasteiger partial charge >= 0.3 is 0 Å². The maximum absolute atomic E-state index is 3.69. The van der Waals surface area contributed by atoms with Crippen LogP contribution in [0.5, 0.6) is 0 Å². The van der Waals surface area contributed by atoms with Crippen LogP contribution < -0.4 is 5.32 Å². The van der Waals surface area contributed by atoms with Crippen LogP contribution in [-0.2, 0) is 0 Å². The molecule has 2 unspecified atom stereocenters. The van der Waals surface area contributed by atoms with Gasteiger partial charge in [-0.25, -0.2) is 0 Å². The fourth-order valence-corrected chi connectivity index (χ4v) is 3.24. The van der Waals surface area contributed by atoms with Crippen molar-refractivity contribution in [3.63, 3.8) is 0 Å². The van der Waals surface area contributed by atoms with Crippen LogP contribution in [0.4, 0.5) is 0 Å². The van der Waals surface area contributed by atoms with Gasteiger partial charge in [-0.3, -0.25) is 0 Å². The molecule has 16 heavy (non-hydrogen) atoms. The van der Waals surface area contributed by atoms with Gasteiger partial charge in [-0.05, 0) is 52.1 Å². The Bertz CT molecular complexity index is 175. The first-order chi connectivity index (χ1) is 7.77. The van der Waals surface area contributed by atoms with Crippen molar-refractivity contribution in [1.82, 2.24) is 10.2 Å². The van der Waals surface area contributed by atoms with E-state index >= 15 is 0 Å². The molecule has 0 amide bonds. The SMILES string of the molecule is CCC(CSC)NCCC1CCCCN1C. The van der Waals surface area contributed by atoms with Gasteiger partial charge in [0.15, 0.2) is 0 Å². The van der Waals surface area contributed by atoms with E-state index in [4.69, 9.17) is 0 Å². The van der Waals surface area contributed by atoms with E-state index in [1.54, 1.807) is 0 Å². The first-order valence-electron chi connectivity index (χ1n) is 6.70. The van der Waals surface area contributed by atoms with E-state index in [2.05, 4.69) is 30.4 Å². The Balaban J connectivity index is 2.13. The van der Waals surface area contributed by atoms with Gasteiger partial charge in [0.2, 0.25) is 0 Å². The molecule has 2 nitrogen and oxygen atoms in total. The van der Waals surface area contributed by atoms with E-state index in [-0.39, 0.29) is 0 Å². The molecule has 0 saturated carbocycles. The molecule has 0 aliphatic carbocycles. The highest BCUT2D eigenvalue weighted by Crippen LogP contribution is 2.17. The number of rotatable bonds is 7. The zero-order chi connectivity index (χ0) is 11.8. The van der Waals surface area contributed by atoms with Crippen LogP contribution in [0.2, 0.25) is 0 Å². The molecule has 96 valence electrons. The summed E-state index contributed by atoms with van der Waals surface area (Å²) in [6.45, 7) is 4.77. The van der Waals surface area contributed by atoms with Crippen molar-refractivity contribution < 1.29 is 0 Å². The molecule has 0 aromatic rings. The van der Waals surface area contributed by atoms with Crippen molar-refractivity contribution in [3.8, 4) is 0 Å². The van der Waals surface area contributed by atoms with Crippen LogP contribution >= 0.6 is 11.8 Å². The van der Waals surface area contributed by atoms with Crippen LogP contribution in [0.25, 0.3) is 0 Å². The summed E-state index contributed by atoms with van der Waals surface area (Å²) in [5, 5.41) is 3.69. The zero-order valence-corrected chi connectivity index (χ0v) is 12.0. The maximum atomic E-state index is 3.69. The van der Waals surface area contributed by atoms with E-state index in [1.807, 2.05) is 11.8 Å². The highest BCUT2D eigenvalue weighted by atomic mass is 32.2. The number of thioether (sulfide) groups is 1. The lowest BCUT2D eigenvalue weighted by Gasteiger charge is -2.33. The minimum atomic E-state index is 0.712. The Morgan fingerprint density at radius 3 is 2.88 bits per heavy atom. The summed E-state index contributed by atoms with van der Waals surface area (Å²) in [5.41, 5.74) is 0. The molecule has 1 heterocycles. The number of likely N-dealkylation sites (tertiary alicyclic amines) is 1. The minimum Gasteiger partial charge on any atom is -0.313 e. The summed E-state index contributed by atoms with van der Waals surface area (Å²) in [6, 6.07) is 1.54. The van der Waals surface area contributed by atoms with Crippen molar-refractivity contribution in [1.29, 1.82) is 0 Å². The fraction of sp³-hybridized carbons (Fsp3) is 1.00. The number of nitrogens with zero attached hydrogens (tertiary/aromatic N) is 1. The van der Waals surface area contributed by atoms with Gasteiger partial charge in [0.05, 0.1) is 0 Å². The largest absolute Gasteiger partial charge is 0.313 e. The Morgan fingerprint density at radius 2 is 2.25 bits per heavy atom. The molecule has 1 fully saturated rings. The molecule has 1 saturated heterocycles. The quantitative estimate of drug-likeness (QED) is 0.741. The first-order valence-corrected chi connectivity index (χ1v) is 8.09. The smallest absolute Gasteiger partial charge is 0.0155 e. The average Bonchev–Trinajstić information content (AvgIpc) is 2.30. The molecule has 3 heteroatoms. The third kappa shape index (κ3) is 5.07. The lowest BCUT2D eigenvalue weighted by atomic mass is 10.00. The number of hydrogen-bond acceptors (Lipinski definition) is 3. The fourth-order valence-electron chi connectivity index (χ4n) is 2.49. The predicted octanol–water partition coefficient (Wildman–Crippen LogP) is 2.59. The maximum Gasteiger partial charge on any atom is 0.0155 e. The lowest BCUT2D eigenvalue weighted by molar-refractivity contribution is 0.174. The van der Waals surface area contributed by atoms with Crippen LogP contribution in [0.3, 0.4) is 0 Å². The number of hydrogen-bond donors (Lipinski definition) is 1. The van der Waals surface area contributed by atoms with Gasteiger partial charge in [-0.1, -0.05) is 13.3 Å². The molecule has 0 aromatic heterocycles. The van der Waals surface area contributed by atoms with E-state index in [1.165, 1.54) is 50.9 Å². The van der Waals surface area contributed by atoms with Crippen LogP contribution in [0.15, 0.2) is 0 Å². The highest BCUT2D eigenvalue weighted by molar-refractivity contribution is 7.98. The van der Waals surface area contributed by atoms with Crippen molar-refractivity contribution in [2.45, 2.75) is 51.1 Å². The second-order valence-electron chi connectivity index (χ2n) is 4.93. The van der Waals surface area contributed by atoms with Crippen molar-refractivity contribution >= 4 is 11.8 Å². The minimum absolute atomic E-state index is 0.712. The summed E-state index contributed by atoms with van der Waals surface area (Å²) < 4.78 is 0. The van der Waals surface area contributed by atoms with E-state index in [0.29, 0.717) is 6.04 Å². The molecule has 0 bridgehead atoms. The Kier molecular flexibility index (Phi) is 7.50. The topological polar surface area (TPSA) is 15.3 Å². The van der Waals surface area contributed by atoms with Crippen LogP contribution in [-0.4, -0.2) is 49.1 Å². The standard InChI is InChI=1S/C13H28N2S/c1-4-12(11-16-3)14-9-8-13-7-5-6-10-15(13)2/h12-14H,4-11H2,1-3H3. The van der Waals surface area contributed by atoms with Gasteiger partial charge in [-0.15, -0.1) is 0 Å². The second-order valence-corrected chi connectivity index (χ2v) is 5.84. The second kappa shape index (κ2) is 8.37. The Labute approximate surface area is 106 Å². The molecule has 1 aliphatic heterocycles. The highest BCUT2D eigenvalue weighted by Gasteiger charge is 2.18. The van der Waals surface area contributed by atoms with E-state index < -0.39 is 0 Å². The van der Waals surface area contributed by atoms with Gasteiger partial charge in [0, 0.05) is 17.8 Å². The predicted molar refractivity (Wildman–Crippen MR) is 75.3 cm³/mol. The van der Waals surface area contributed by atoms with Crippen molar-refractivity contribution in [2.75, 3.05) is 32.1 Å². The first kappa shape index (κ1) is 14.3. The van der Waals surface area contributed by atoms with Crippen LogP contribution in [0, 0.1) is 0 Å². The lowest BCUT2D eigenvalue weighted by Crippen LogP contribution is -2.40. The molecular weight excluding hydrogens is 216 g/mol. The molecule has 1 aliphatic rings. The van der Waals surface area contributed by atoms with Gasteiger partial charge in [0.1, 0.15) is 0 Å². The third-order valence-electron chi connectivity index (χ3n) is 3.69. The molecule has 1 N–H and O–H groups in total. The molecule has 2 atom stereocenters. The third-order valence-corrected chi connectivity index (χ3v) is 4.43. The molecule has 0 aromatic carbocycles. The summed E-state index contributed by atoms with van der Waals surface area (Å²) in [5.74, 6) is 1.25. The Hall–Kier alpha value is 0.270. The molecule has 0 radical (unpaired) electrons. The van der Waals surface area contributed by atoms with Gasteiger partial charge in [-0.2, -0.15) is 11.8 Å². The number of nitrogens with one attached hydrogen (secondary N) is 1. The molecular formula is C13H28N2S. The number of piperidine rings is 1. The molecule has 0 spiro atoms. The van der Waals surface area contributed by atoms with E-state index in [9.17, 15) is 0 Å². The summed E-state index contributed by atoms with van der Waals surface area (Å²) in [6.07, 6.45) is 8.99. The molecule has 1 rings (SSSR count). The average molecular weight is 244 g/mol.